The van der Waals surface area contributed by atoms with Crippen molar-refractivity contribution in [2.24, 2.45) is 29.1 Å². The van der Waals surface area contributed by atoms with Crippen LogP contribution in [0.15, 0.2) is 18.6 Å². The Morgan fingerprint density at radius 2 is 1.80 bits per heavy atom. The molecular weight excluding hydrogens is 314 g/mol. The first-order chi connectivity index (χ1) is 12.1. The van der Waals surface area contributed by atoms with E-state index in [1.165, 1.54) is 19.3 Å². The van der Waals surface area contributed by atoms with Crippen molar-refractivity contribution in [2.45, 2.75) is 51.0 Å². The Kier molecular flexibility index (Phi) is 3.63. The first-order valence-electron chi connectivity index (χ1n) is 9.84. The number of likely N-dealkylation sites (tertiary alicyclic amines) is 1. The number of hydrogen-bond donors (Lipinski definition) is 1. The standard InChI is InChI=1S/C20H27N3O2/c24-18-12-23(11-16(18)6-17-10-21-1-2-22-17)19(25)20-7-13-3-14(8-20)5-15(4-13)9-20/h1-2,10,13-16,18,24H,3-9,11-12H2. The Labute approximate surface area is 148 Å². The maximum atomic E-state index is 13.4. The number of carbonyl (C=O) groups excluding carboxylic acids is 1. The highest BCUT2D eigenvalue weighted by molar-refractivity contribution is 5.83. The molecule has 6 rings (SSSR count). The molecule has 1 aromatic rings. The smallest absolute Gasteiger partial charge is 0.228 e. The number of nitrogens with zero attached hydrogens (tertiary/aromatic N) is 3. The molecule has 5 nitrogen and oxygen atoms in total. The molecule has 5 aliphatic rings. The summed E-state index contributed by atoms with van der Waals surface area (Å²) in [5.41, 5.74) is 0.797. The van der Waals surface area contributed by atoms with E-state index in [1.807, 2.05) is 4.90 Å². The van der Waals surface area contributed by atoms with Crippen molar-refractivity contribution >= 4 is 5.91 Å². The zero-order valence-electron chi connectivity index (χ0n) is 14.7. The lowest BCUT2D eigenvalue weighted by atomic mass is 9.49. The van der Waals surface area contributed by atoms with Crippen LogP contribution in [0.3, 0.4) is 0 Å². The van der Waals surface area contributed by atoms with Gasteiger partial charge in [0.15, 0.2) is 0 Å². The highest BCUT2D eigenvalue weighted by atomic mass is 16.3. The Morgan fingerprint density at radius 1 is 1.12 bits per heavy atom. The van der Waals surface area contributed by atoms with Gasteiger partial charge in [0.25, 0.3) is 0 Å². The topological polar surface area (TPSA) is 66.3 Å². The van der Waals surface area contributed by atoms with Crippen LogP contribution in [-0.2, 0) is 11.2 Å². The molecule has 0 aromatic carbocycles. The second kappa shape index (κ2) is 5.76. The SMILES string of the molecule is O=C(N1CC(O)C(Cc2cnccn2)C1)C12CC3CC(CC(C3)C1)C2. The Hall–Kier alpha value is -1.49. The van der Waals surface area contributed by atoms with E-state index in [-0.39, 0.29) is 11.3 Å². The molecule has 4 aliphatic carbocycles. The summed E-state index contributed by atoms with van der Waals surface area (Å²) in [5.74, 6) is 2.75. The van der Waals surface area contributed by atoms with Gasteiger partial charge in [0.1, 0.15) is 0 Å². The molecule has 2 atom stereocenters. The summed E-state index contributed by atoms with van der Waals surface area (Å²) in [6.07, 6.45) is 12.7. The molecule has 1 aromatic heterocycles. The Morgan fingerprint density at radius 3 is 2.40 bits per heavy atom. The summed E-state index contributed by atoms with van der Waals surface area (Å²) in [5, 5.41) is 10.5. The molecule has 1 saturated heterocycles. The zero-order chi connectivity index (χ0) is 17.0. The summed E-state index contributed by atoms with van der Waals surface area (Å²) < 4.78 is 0. The number of aliphatic hydroxyl groups excluding tert-OH is 1. The van der Waals surface area contributed by atoms with Gasteiger partial charge >= 0.3 is 0 Å². The third kappa shape index (κ3) is 2.67. The van der Waals surface area contributed by atoms with Crippen LogP contribution in [0, 0.1) is 29.1 Å². The largest absolute Gasteiger partial charge is 0.391 e. The van der Waals surface area contributed by atoms with Crippen molar-refractivity contribution in [3.05, 3.63) is 24.3 Å². The van der Waals surface area contributed by atoms with E-state index < -0.39 is 6.10 Å². The van der Waals surface area contributed by atoms with Crippen LogP contribution in [0.2, 0.25) is 0 Å². The average molecular weight is 341 g/mol. The molecule has 134 valence electrons. The van der Waals surface area contributed by atoms with Gasteiger partial charge in [-0.2, -0.15) is 0 Å². The van der Waals surface area contributed by atoms with Gasteiger partial charge in [-0.3, -0.25) is 14.8 Å². The molecule has 4 saturated carbocycles. The number of hydrogen-bond acceptors (Lipinski definition) is 4. The average Bonchev–Trinajstić information content (AvgIpc) is 2.94. The van der Waals surface area contributed by atoms with E-state index in [2.05, 4.69) is 9.97 Å². The van der Waals surface area contributed by atoms with E-state index in [4.69, 9.17) is 0 Å². The molecule has 2 unspecified atom stereocenters. The Balaban J connectivity index is 1.30. The van der Waals surface area contributed by atoms with Crippen LogP contribution in [0.4, 0.5) is 0 Å². The van der Waals surface area contributed by atoms with Gasteiger partial charge in [0.2, 0.25) is 5.91 Å². The third-order valence-electron chi connectivity index (χ3n) is 7.27. The minimum Gasteiger partial charge on any atom is -0.391 e. The molecule has 4 bridgehead atoms. The normalized spacial score (nSPS) is 42.1. The van der Waals surface area contributed by atoms with Crippen molar-refractivity contribution in [3.63, 3.8) is 0 Å². The third-order valence-corrected chi connectivity index (χ3v) is 7.27. The fourth-order valence-electron chi connectivity index (χ4n) is 6.63. The summed E-state index contributed by atoms with van der Waals surface area (Å²) >= 11 is 0. The van der Waals surface area contributed by atoms with Gasteiger partial charge in [-0.15, -0.1) is 0 Å². The highest BCUT2D eigenvalue weighted by Crippen LogP contribution is 2.60. The molecule has 5 fully saturated rings. The van der Waals surface area contributed by atoms with Gasteiger partial charge in [-0.25, -0.2) is 0 Å². The molecule has 0 radical (unpaired) electrons. The fraction of sp³-hybridized carbons (Fsp3) is 0.750. The van der Waals surface area contributed by atoms with Crippen LogP contribution in [-0.4, -0.2) is 45.1 Å². The van der Waals surface area contributed by atoms with Gasteiger partial charge in [-0.1, -0.05) is 0 Å². The lowest BCUT2D eigenvalue weighted by molar-refractivity contribution is -0.157. The number of carbonyl (C=O) groups is 1. The van der Waals surface area contributed by atoms with Crippen molar-refractivity contribution in [1.29, 1.82) is 0 Å². The molecule has 25 heavy (non-hydrogen) atoms. The van der Waals surface area contributed by atoms with E-state index >= 15 is 0 Å². The molecule has 1 N–H and O–H groups in total. The van der Waals surface area contributed by atoms with Crippen molar-refractivity contribution in [1.82, 2.24) is 14.9 Å². The van der Waals surface area contributed by atoms with Gasteiger partial charge in [-0.05, 0) is 62.7 Å². The van der Waals surface area contributed by atoms with Crippen LogP contribution in [0.25, 0.3) is 0 Å². The molecular formula is C20H27N3O2. The van der Waals surface area contributed by atoms with E-state index in [0.717, 1.165) is 42.7 Å². The van der Waals surface area contributed by atoms with Crippen LogP contribution in [0.1, 0.15) is 44.2 Å². The zero-order valence-corrected chi connectivity index (χ0v) is 14.7. The summed E-state index contributed by atoms with van der Waals surface area (Å²) in [6.45, 7) is 1.16. The van der Waals surface area contributed by atoms with Crippen molar-refractivity contribution < 1.29 is 9.90 Å². The molecule has 1 amide bonds. The van der Waals surface area contributed by atoms with Crippen molar-refractivity contribution in [2.75, 3.05) is 13.1 Å². The van der Waals surface area contributed by atoms with E-state index in [9.17, 15) is 9.90 Å². The maximum absolute atomic E-state index is 13.4. The number of rotatable bonds is 3. The van der Waals surface area contributed by atoms with Crippen LogP contribution in [0.5, 0.6) is 0 Å². The molecule has 1 aliphatic heterocycles. The van der Waals surface area contributed by atoms with Crippen molar-refractivity contribution in [3.8, 4) is 0 Å². The number of amides is 1. The minimum absolute atomic E-state index is 0.0783. The first-order valence-corrected chi connectivity index (χ1v) is 9.84. The van der Waals surface area contributed by atoms with Crippen LogP contribution >= 0.6 is 0 Å². The Bertz CT molecular complexity index is 627. The van der Waals surface area contributed by atoms with Gasteiger partial charge < -0.3 is 10.0 Å². The predicted octanol–water partition coefficient (Wildman–Crippen LogP) is 2.05. The van der Waals surface area contributed by atoms with Gasteiger partial charge in [0.05, 0.1) is 17.2 Å². The monoisotopic (exact) mass is 341 g/mol. The number of aromatic nitrogens is 2. The molecule has 2 heterocycles. The number of β-amino-alcohol motifs (C(OH)–C–C–N with tert-alkyl or cyclic N) is 1. The quantitative estimate of drug-likeness (QED) is 0.914. The maximum Gasteiger partial charge on any atom is 0.228 e. The lowest BCUT2D eigenvalue weighted by Crippen LogP contribution is -2.54. The second-order valence-electron chi connectivity index (χ2n) is 9.14. The first kappa shape index (κ1) is 15.7. The lowest BCUT2D eigenvalue weighted by Gasteiger charge is -2.56. The number of aliphatic hydroxyl groups is 1. The highest BCUT2D eigenvalue weighted by Gasteiger charge is 2.56. The van der Waals surface area contributed by atoms with E-state index in [0.29, 0.717) is 25.4 Å². The second-order valence-corrected chi connectivity index (χ2v) is 9.14. The summed E-state index contributed by atoms with van der Waals surface area (Å²) in [7, 11) is 0. The summed E-state index contributed by atoms with van der Waals surface area (Å²) in [6, 6.07) is 0. The minimum atomic E-state index is -0.445. The van der Waals surface area contributed by atoms with E-state index in [1.54, 1.807) is 18.6 Å². The summed E-state index contributed by atoms with van der Waals surface area (Å²) in [4.78, 5) is 23.8. The van der Waals surface area contributed by atoms with Crippen LogP contribution < -0.4 is 0 Å². The van der Waals surface area contributed by atoms with Gasteiger partial charge in [0, 0.05) is 37.6 Å². The molecule has 5 heteroatoms. The predicted molar refractivity (Wildman–Crippen MR) is 92.4 cm³/mol. The fourth-order valence-corrected chi connectivity index (χ4v) is 6.63. The molecule has 0 spiro atoms.